The number of thiazole rings is 1. The molecule has 0 radical (unpaired) electrons. The summed E-state index contributed by atoms with van der Waals surface area (Å²) in [7, 11) is 0. The van der Waals surface area contributed by atoms with E-state index in [1.165, 1.54) is 27.6 Å². The zero-order chi connectivity index (χ0) is 16.6. The second kappa shape index (κ2) is 6.28. The predicted molar refractivity (Wildman–Crippen MR) is 90.1 cm³/mol. The van der Waals surface area contributed by atoms with Crippen molar-refractivity contribution in [2.45, 2.75) is 53.1 Å². The minimum absolute atomic E-state index is 0.0899. The van der Waals surface area contributed by atoms with Crippen LogP contribution in [0.5, 0.6) is 0 Å². The van der Waals surface area contributed by atoms with Crippen molar-refractivity contribution in [2.75, 3.05) is 0 Å². The van der Waals surface area contributed by atoms with Crippen LogP contribution >= 0.6 is 11.3 Å². The van der Waals surface area contributed by atoms with Crippen molar-refractivity contribution in [1.82, 2.24) is 14.5 Å². The van der Waals surface area contributed by atoms with Crippen LogP contribution in [0.15, 0.2) is 11.4 Å². The molecule has 0 bridgehead atoms. The van der Waals surface area contributed by atoms with Crippen LogP contribution in [0.25, 0.3) is 11.3 Å². The smallest absolute Gasteiger partial charge is 0.230 e. The Balaban J connectivity index is 1.84. The second-order valence-electron chi connectivity index (χ2n) is 5.94. The van der Waals surface area contributed by atoms with Gasteiger partial charge in [-0.05, 0) is 26.3 Å². The summed E-state index contributed by atoms with van der Waals surface area (Å²) in [4.78, 5) is 29.4. The molecule has 1 aliphatic heterocycles. The minimum Gasteiger partial charge on any atom is -0.348 e. The molecule has 2 aromatic heterocycles. The Morgan fingerprint density at radius 2 is 1.91 bits per heavy atom. The van der Waals surface area contributed by atoms with E-state index in [0.717, 1.165) is 29.2 Å². The van der Waals surface area contributed by atoms with E-state index in [4.69, 9.17) is 0 Å². The largest absolute Gasteiger partial charge is 0.348 e. The summed E-state index contributed by atoms with van der Waals surface area (Å²) >= 11 is 1.51. The molecule has 0 unspecified atom stereocenters. The van der Waals surface area contributed by atoms with Crippen LogP contribution in [-0.4, -0.2) is 26.3 Å². The van der Waals surface area contributed by atoms with Crippen molar-refractivity contribution in [3.63, 3.8) is 0 Å². The molecular weight excluding hydrogens is 310 g/mol. The number of aromatic nitrogens is 2. The number of aryl methyl sites for hydroxylation is 1. The molecule has 3 heterocycles. The first-order chi connectivity index (χ1) is 11.0. The molecule has 6 heteroatoms. The van der Waals surface area contributed by atoms with Crippen molar-refractivity contribution in [3.8, 4) is 11.3 Å². The first-order valence-electron chi connectivity index (χ1n) is 7.96. The highest BCUT2D eigenvalue weighted by atomic mass is 32.1. The Labute approximate surface area is 139 Å². The average molecular weight is 331 g/mol. The van der Waals surface area contributed by atoms with Gasteiger partial charge in [-0.3, -0.25) is 14.5 Å². The zero-order valence-electron chi connectivity index (χ0n) is 13.8. The summed E-state index contributed by atoms with van der Waals surface area (Å²) in [6.45, 7) is 7.70. The highest BCUT2D eigenvalue weighted by Gasteiger charge is 2.29. The van der Waals surface area contributed by atoms with Gasteiger partial charge in [0.25, 0.3) is 0 Å². The average Bonchev–Trinajstić information content (AvgIpc) is 3.18. The number of carbonyl (C=O) groups is 2. The van der Waals surface area contributed by atoms with Crippen molar-refractivity contribution in [3.05, 3.63) is 27.8 Å². The molecule has 1 saturated heterocycles. The van der Waals surface area contributed by atoms with Gasteiger partial charge in [0.05, 0.1) is 12.2 Å². The summed E-state index contributed by atoms with van der Waals surface area (Å²) in [6, 6.07) is 2.16. The number of nitrogens with zero attached hydrogens (tertiary/aromatic N) is 3. The second-order valence-corrected chi connectivity index (χ2v) is 6.88. The van der Waals surface area contributed by atoms with Gasteiger partial charge in [0.2, 0.25) is 11.8 Å². The Hall–Kier alpha value is -1.95. The fourth-order valence-electron chi connectivity index (χ4n) is 3.07. The third-order valence-corrected chi connectivity index (χ3v) is 5.13. The predicted octanol–water partition coefficient (Wildman–Crippen LogP) is 3.29. The van der Waals surface area contributed by atoms with E-state index < -0.39 is 0 Å². The van der Waals surface area contributed by atoms with Crippen LogP contribution in [0.1, 0.15) is 42.6 Å². The van der Waals surface area contributed by atoms with E-state index in [1.54, 1.807) is 0 Å². The number of hydrogen-bond donors (Lipinski definition) is 0. The molecule has 0 N–H and O–H groups in total. The van der Waals surface area contributed by atoms with Gasteiger partial charge in [-0.25, -0.2) is 4.98 Å². The summed E-state index contributed by atoms with van der Waals surface area (Å²) in [6.07, 6.45) is 1.75. The van der Waals surface area contributed by atoms with Crippen molar-refractivity contribution < 1.29 is 9.59 Å². The Bertz CT molecular complexity index is 744. The molecule has 0 aliphatic carbocycles. The highest BCUT2D eigenvalue weighted by molar-refractivity contribution is 7.09. The molecule has 5 nitrogen and oxygen atoms in total. The van der Waals surface area contributed by atoms with Crippen LogP contribution in [0, 0.1) is 13.8 Å². The highest BCUT2D eigenvalue weighted by Crippen LogP contribution is 2.29. The SMILES string of the molecule is CCCn1c(C)cc(-c2csc(CN3C(=O)CCC3=O)n2)c1C. The topological polar surface area (TPSA) is 55.2 Å². The van der Waals surface area contributed by atoms with Gasteiger partial charge in [0, 0.05) is 41.7 Å². The third kappa shape index (κ3) is 2.95. The fourth-order valence-corrected chi connectivity index (χ4v) is 3.85. The standard InChI is InChI=1S/C17H21N3O2S/c1-4-7-19-11(2)8-13(12(19)3)14-10-23-15(18-14)9-20-16(21)5-6-17(20)22/h8,10H,4-7,9H2,1-3H3. The zero-order valence-corrected chi connectivity index (χ0v) is 14.6. The van der Waals surface area contributed by atoms with Gasteiger partial charge in [0.1, 0.15) is 5.01 Å². The molecule has 3 rings (SSSR count). The number of likely N-dealkylation sites (tertiary alicyclic amines) is 1. The summed E-state index contributed by atoms with van der Waals surface area (Å²) in [5.74, 6) is -0.180. The molecule has 1 aliphatic rings. The normalized spacial score (nSPS) is 15.0. The molecule has 0 atom stereocenters. The molecular formula is C17H21N3O2S. The van der Waals surface area contributed by atoms with Crippen molar-refractivity contribution in [1.29, 1.82) is 0 Å². The van der Waals surface area contributed by atoms with Crippen LogP contribution < -0.4 is 0 Å². The third-order valence-electron chi connectivity index (χ3n) is 4.30. The van der Waals surface area contributed by atoms with E-state index >= 15 is 0 Å². The lowest BCUT2D eigenvalue weighted by Gasteiger charge is -2.10. The number of carbonyl (C=O) groups excluding carboxylic acids is 2. The molecule has 2 aromatic rings. The molecule has 0 aromatic carbocycles. The summed E-state index contributed by atoms with van der Waals surface area (Å²) in [5, 5.41) is 2.82. The maximum absolute atomic E-state index is 11.7. The number of hydrogen-bond acceptors (Lipinski definition) is 4. The van der Waals surface area contributed by atoms with Crippen LogP contribution in [0.3, 0.4) is 0 Å². The molecule has 0 saturated carbocycles. The lowest BCUT2D eigenvalue weighted by atomic mass is 10.2. The number of rotatable bonds is 5. The van der Waals surface area contributed by atoms with Crippen molar-refractivity contribution in [2.24, 2.45) is 0 Å². The van der Waals surface area contributed by atoms with Gasteiger partial charge >= 0.3 is 0 Å². The van der Waals surface area contributed by atoms with E-state index in [2.05, 4.69) is 36.4 Å². The van der Waals surface area contributed by atoms with E-state index in [1.807, 2.05) is 5.38 Å². The summed E-state index contributed by atoms with van der Waals surface area (Å²) < 4.78 is 2.31. The maximum atomic E-state index is 11.7. The van der Waals surface area contributed by atoms with Gasteiger partial charge < -0.3 is 4.57 Å². The molecule has 0 spiro atoms. The molecule has 1 fully saturated rings. The van der Waals surface area contributed by atoms with Gasteiger partial charge in [0.15, 0.2) is 0 Å². The van der Waals surface area contributed by atoms with Crippen LogP contribution in [0.2, 0.25) is 0 Å². The maximum Gasteiger partial charge on any atom is 0.230 e. The summed E-state index contributed by atoms with van der Waals surface area (Å²) in [5.41, 5.74) is 4.52. The Kier molecular flexibility index (Phi) is 4.35. The minimum atomic E-state index is -0.0899. The Morgan fingerprint density at radius 3 is 2.57 bits per heavy atom. The first-order valence-corrected chi connectivity index (χ1v) is 8.84. The molecule has 2 amide bonds. The van der Waals surface area contributed by atoms with E-state index in [-0.39, 0.29) is 11.8 Å². The van der Waals surface area contributed by atoms with Gasteiger partial charge in [-0.1, -0.05) is 6.92 Å². The lowest BCUT2D eigenvalue weighted by Crippen LogP contribution is -2.28. The van der Waals surface area contributed by atoms with Gasteiger partial charge in [-0.15, -0.1) is 11.3 Å². The van der Waals surface area contributed by atoms with Crippen LogP contribution in [0.4, 0.5) is 0 Å². The number of imide groups is 1. The quantitative estimate of drug-likeness (QED) is 0.790. The lowest BCUT2D eigenvalue weighted by molar-refractivity contribution is -0.139. The fraction of sp³-hybridized carbons (Fsp3) is 0.471. The Morgan fingerprint density at radius 1 is 1.22 bits per heavy atom. The van der Waals surface area contributed by atoms with Crippen LogP contribution in [-0.2, 0) is 22.7 Å². The molecule has 122 valence electrons. The van der Waals surface area contributed by atoms with Gasteiger partial charge in [-0.2, -0.15) is 0 Å². The van der Waals surface area contributed by atoms with E-state index in [0.29, 0.717) is 19.4 Å². The van der Waals surface area contributed by atoms with Crippen molar-refractivity contribution >= 4 is 23.2 Å². The molecule has 23 heavy (non-hydrogen) atoms. The first kappa shape index (κ1) is 15.9. The number of amides is 2. The monoisotopic (exact) mass is 331 g/mol. The van der Waals surface area contributed by atoms with E-state index in [9.17, 15) is 9.59 Å².